The van der Waals surface area contributed by atoms with Crippen LogP contribution in [0.25, 0.3) is 0 Å². The number of carbonyl (C=O) groups is 2. The van der Waals surface area contributed by atoms with Crippen molar-refractivity contribution in [1.82, 2.24) is 0 Å². The van der Waals surface area contributed by atoms with Crippen molar-refractivity contribution in [3.05, 3.63) is 61.6 Å². The minimum Gasteiger partial charge on any atom is -0.466 e. The van der Waals surface area contributed by atoms with Crippen molar-refractivity contribution in [3.63, 3.8) is 0 Å². The molecule has 0 unspecified atom stereocenters. The van der Waals surface area contributed by atoms with E-state index in [1.807, 2.05) is 0 Å². The Morgan fingerprint density at radius 2 is 2.05 bits per heavy atom. The maximum atomic E-state index is 10.5. The van der Waals surface area contributed by atoms with Crippen molar-refractivity contribution in [2.45, 2.75) is 13.5 Å². The lowest BCUT2D eigenvalue weighted by Gasteiger charge is -1.97. The highest BCUT2D eigenvalue weighted by Crippen LogP contribution is 2.01. The Labute approximate surface area is 118 Å². The van der Waals surface area contributed by atoms with Gasteiger partial charge in [-0.15, -0.1) is 0 Å². The van der Waals surface area contributed by atoms with Gasteiger partial charge in [0.1, 0.15) is 19.0 Å². The van der Waals surface area contributed by atoms with Crippen LogP contribution in [0.2, 0.25) is 0 Å². The smallest absolute Gasteiger partial charge is 0.333 e. The second kappa shape index (κ2) is 10.4. The Bertz CT molecular complexity index is 457. The highest BCUT2D eigenvalue weighted by atomic mass is 16.5. The van der Waals surface area contributed by atoms with Gasteiger partial charge in [-0.2, -0.15) is 0 Å². The first-order chi connectivity index (χ1) is 9.51. The standard InChI is InChI=1S/C8H8O3.C7H10O2/c1-2-8(9)11-6-7-4-3-5-10-7;1-4-5-9-7(8)6(2)3/h2-5H,1,6H2;4H,1-2,5H2,3H3. The molecule has 0 saturated carbocycles. The molecule has 0 amide bonds. The van der Waals surface area contributed by atoms with Crippen LogP contribution in [0.3, 0.4) is 0 Å². The minimum atomic E-state index is -0.443. The summed E-state index contributed by atoms with van der Waals surface area (Å²) in [5.74, 6) is -0.184. The molecule has 0 aliphatic rings. The van der Waals surface area contributed by atoms with Gasteiger partial charge in [0.05, 0.1) is 6.26 Å². The lowest BCUT2D eigenvalue weighted by atomic mass is 10.4. The molecule has 0 aromatic carbocycles. The van der Waals surface area contributed by atoms with Crippen LogP contribution >= 0.6 is 0 Å². The lowest BCUT2D eigenvalue weighted by molar-refractivity contribution is -0.139. The summed E-state index contributed by atoms with van der Waals surface area (Å²) in [4.78, 5) is 21.1. The largest absolute Gasteiger partial charge is 0.466 e. The molecule has 0 aliphatic carbocycles. The van der Waals surface area contributed by atoms with E-state index in [-0.39, 0.29) is 19.2 Å². The van der Waals surface area contributed by atoms with Gasteiger partial charge in [0.15, 0.2) is 0 Å². The second-order valence-electron chi connectivity index (χ2n) is 3.56. The van der Waals surface area contributed by atoms with Crippen LogP contribution in [0.15, 0.2) is 60.3 Å². The van der Waals surface area contributed by atoms with Crippen LogP contribution < -0.4 is 0 Å². The summed E-state index contributed by atoms with van der Waals surface area (Å²) in [7, 11) is 0. The van der Waals surface area contributed by atoms with Crippen LogP contribution in [0.5, 0.6) is 0 Å². The average Bonchev–Trinajstić information content (AvgIpc) is 2.95. The predicted octanol–water partition coefficient (Wildman–Crippen LogP) is 2.80. The fourth-order valence-electron chi connectivity index (χ4n) is 0.854. The van der Waals surface area contributed by atoms with E-state index in [0.29, 0.717) is 11.3 Å². The normalized spacial score (nSPS) is 8.65. The molecule has 5 nitrogen and oxygen atoms in total. The fraction of sp³-hybridized carbons (Fsp3) is 0.200. The molecule has 108 valence electrons. The zero-order valence-electron chi connectivity index (χ0n) is 11.5. The molecule has 0 aliphatic heterocycles. The molecular weight excluding hydrogens is 260 g/mol. The molecule has 0 radical (unpaired) electrons. The van der Waals surface area contributed by atoms with E-state index in [9.17, 15) is 9.59 Å². The van der Waals surface area contributed by atoms with Gasteiger partial charge in [-0.1, -0.05) is 25.8 Å². The number of esters is 2. The zero-order chi connectivity index (χ0) is 15.4. The Balaban J connectivity index is 0.000000370. The molecule has 1 aromatic heterocycles. The first-order valence-electron chi connectivity index (χ1n) is 5.76. The monoisotopic (exact) mass is 278 g/mol. The van der Waals surface area contributed by atoms with Gasteiger partial charge in [0.2, 0.25) is 0 Å². The number of rotatable bonds is 6. The molecular formula is C15H18O5. The Hall–Kier alpha value is -2.56. The summed E-state index contributed by atoms with van der Waals surface area (Å²) in [5.41, 5.74) is 0.414. The molecule has 0 N–H and O–H groups in total. The van der Waals surface area contributed by atoms with Gasteiger partial charge in [-0.3, -0.25) is 0 Å². The number of hydrogen-bond donors (Lipinski definition) is 0. The predicted molar refractivity (Wildman–Crippen MR) is 74.7 cm³/mol. The molecule has 5 heteroatoms. The summed E-state index contributed by atoms with van der Waals surface area (Å²) in [6, 6.07) is 3.47. The van der Waals surface area contributed by atoms with Gasteiger partial charge < -0.3 is 13.9 Å². The molecule has 0 saturated heterocycles. The summed E-state index contributed by atoms with van der Waals surface area (Å²) >= 11 is 0. The van der Waals surface area contributed by atoms with Crippen molar-refractivity contribution in [2.24, 2.45) is 0 Å². The maximum Gasteiger partial charge on any atom is 0.333 e. The molecule has 0 spiro atoms. The molecule has 0 bridgehead atoms. The van der Waals surface area contributed by atoms with Crippen molar-refractivity contribution in [2.75, 3.05) is 6.61 Å². The summed E-state index contributed by atoms with van der Waals surface area (Å²) in [6.07, 6.45) is 4.15. The first-order valence-corrected chi connectivity index (χ1v) is 5.76. The summed E-state index contributed by atoms with van der Waals surface area (Å²) < 4.78 is 14.2. The van der Waals surface area contributed by atoms with E-state index in [2.05, 4.69) is 29.2 Å². The topological polar surface area (TPSA) is 65.7 Å². The lowest BCUT2D eigenvalue weighted by Crippen LogP contribution is -2.03. The number of furan rings is 1. The van der Waals surface area contributed by atoms with Crippen LogP contribution in [-0.4, -0.2) is 18.5 Å². The maximum absolute atomic E-state index is 10.5. The molecule has 1 aromatic rings. The highest BCUT2D eigenvalue weighted by molar-refractivity contribution is 5.86. The third kappa shape index (κ3) is 8.52. The average molecular weight is 278 g/mol. The Morgan fingerprint density at radius 3 is 2.50 bits per heavy atom. The van der Waals surface area contributed by atoms with Crippen molar-refractivity contribution >= 4 is 11.9 Å². The number of carbonyl (C=O) groups excluding carboxylic acids is 2. The van der Waals surface area contributed by atoms with E-state index in [4.69, 9.17) is 4.42 Å². The molecule has 1 rings (SSSR count). The van der Waals surface area contributed by atoms with E-state index in [1.165, 1.54) is 12.3 Å². The molecule has 0 atom stereocenters. The summed E-state index contributed by atoms with van der Waals surface area (Å²) in [5, 5.41) is 0. The van der Waals surface area contributed by atoms with Crippen molar-refractivity contribution < 1.29 is 23.5 Å². The van der Waals surface area contributed by atoms with Crippen LogP contribution in [0.1, 0.15) is 12.7 Å². The Kier molecular flexibility index (Phi) is 9.04. The molecule has 1 heterocycles. The fourth-order valence-corrected chi connectivity index (χ4v) is 0.854. The van der Waals surface area contributed by atoms with E-state index < -0.39 is 5.97 Å². The van der Waals surface area contributed by atoms with Crippen molar-refractivity contribution in [3.8, 4) is 0 Å². The van der Waals surface area contributed by atoms with Gasteiger partial charge >= 0.3 is 11.9 Å². The highest BCUT2D eigenvalue weighted by Gasteiger charge is 1.99. The first kappa shape index (κ1) is 17.4. The third-order valence-corrected chi connectivity index (χ3v) is 1.78. The van der Waals surface area contributed by atoms with E-state index in [1.54, 1.807) is 19.1 Å². The minimum absolute atomic E-state index is 0.165. The molecule has 20 heavy (non-hydrogen) atoms. The van der Waals surface area contributed by atoms with Crippen molar-refractivity contribution in [1.29, 1.82) is 0 Å². The Morgan fingerprint density at radius 1 is 1.35 bits per heavy atom. The number of hydrogen-bond acceptors (Lipinski definition) is 5. The van der Waals surface area contributed by atoms with Gasteiger partial charge in [-0.05, 0) is 19.1 Å². The van der Waals surface area contributed by atoms with Crippen LogP contribution in [-0.2, 0) is 25.7 Å². The summed E-state index contributed by atoms with van der Waals surface area (Å²) in [6.45, 7) is 12.1. The van der Waals surface area contributed by atoms with Gasteiger partial charge in [0.25, 0.3) is 0 Å². The van der Waals surface area contributed by atoms with Gasteiger partial charge in [-0.25, -0.2) is 9.59 Å². The number of ether oxygens (including phenoxy) is 2. The van der Waals surface area contributed by atoms with Crippen LogP contribution in [0, 0.1) is 0 Å². The third-order valence-electron chi connectivity index (χ3n) is 1.78. The second-order valence-corrected chi connectivity index (χ2v) is 3.56. The quantitative estimate of drug-likeness (QED) is 0.455. The molecule has 0 fully saturated rings. The SMILES string of the molecule is C=CC(=O)OCc1ccco1.C=CCOC(=O)C(=C)C. The van der Waals surface area contributed by atoms with Gasteiger partial charge in [0, 0.05) is 11.6 Å². The van der Waals surface area contributed by atoms with Crippen LogP contribution in [0.4, 0.5) is 0 Å². The van der Waals surface area contributed by atoms with E-state index >= 15 is 0 Å². The zero-order valence-corrected chi connectivity index (χ0v) is 11.5. The van der Waals surface area contributed by atoms with E-state index in [0.717, 1.165) is 6.08 Å².